The van der Waals surface area contributed by atoms with E-state index >= 15 is 0 Å². The van der Waals surface area contributed by atoms with E-state index in [1.54, 1.807) is 0 Å². The van der Waals surface area contributed by atoms with Crippen LogP contribution >= 0.6 is 0 Å². The summed E-state index contributed by atoms with van der Waals surface area (Å²) in [4.78, 5) is 0. The van der Waals surface area contributed by atoms with Gasteiger partial charge in [0.05, 0.1) is 0 Å². The number of rotatable bonds is 6. The average Bonchev–Trinajstić information content (AvgIpc) is 2.16. The molecule has 14 heavy (non-hydrogen) atoms. The van der Waals surface area contributed by atoms with Gasteiger partial charge in [-0.2, -0.15) is 0 Å². The van der Waals surface area contributed by atoms with Crippen LogP contribution in [0.5, 0.6) is 0 Å². The second kappa shape index (κ2) is 6.28. The highest BCUT2D eigenvalue weighted by atomic mass is 16.4. The Labute approximate surface area is 85.6 Å². The predicted octanol–water partition coefficient (Wildman–Crippen LogP) is 0.762. The van der Waals surface area contributed by atoms with Crippen molar-refractivity contribution in [2.45, 2.75) is 26.7 Å². The fourth-order valence-corrected chi connectivity index (χ4v) is 0.950. The number of nitrogens with two attached hydrogens (primary N) is 1. The van der Waals surface area contributed by atoms with Crippen LogP contribution < -0.4 is 11.1 Å². The fraction of sp³-hybridized carbons (Fsp3) is 0.700. The molecule has 0 unspecified atom stereocenters. The largest absolute Gasteiger partial charge is 0.409 e. The number of oxime groups is 1. The van der Waals surface area contributed by atoms with Crippen molar-refractivity contribution in [1.29, 1.82) is 0 Å². The molecule has 0 saturated heterocycles. The summed E-state index contributed by atoms with van der Waals surface area (Å²) in [6, 6.07) is 0. The highest BCUT2D eigenvalue weighted by Crippen LogP contribution is 2.19. The van der Waals surface area contributed by atoms with E-state index in [9.17, 15) is 0 Å². The maximum atomic E-state index is 8.53. The third-order valence-corrected chi connectivity index (χ3v) is 2.17. The number of terminal acetylenes is 1. The van der Waals surface area contributed by atoms with Gasteiger partial charge in [-0.3, -0.25) is 0 Å². The van der Waals surface area contributed by atoms with Crippen LogP contribution in [0.3, 0.4) is 0 Å². The van der Waals surface area contributed by atoms with Crippen LogP contribution in [0.1, 0.15) is 26.7 Å². The van der Waals surface area contributed by atoms with E-state index in [0.717, 1.165) is 25.9 Å². The van der Waals surface area contributed by atoms with E-state index < -0.39 is 0 Å². The zero-order valence-corrected chi connectivity index (χ0v) is 8.88. The Bertz CT molecular complexity index is 228. The van der Waals surface area contributed by atoms with Crippen LogP contribution in [0.15, 0.2) is 5.16 Å². The minimum absolute atomic E-state index is 0.260. The molecule has 4 N–H and O–H groups in total. The van der Waals surface area contributed by atoms with Crippen molar-refractivity contribution < 1.29 is 5.21 Å². The molecule has 0 radical (unpaired) electrons. The molecule has 0 aliphatic rings. The number of nitrogens with one attached hydrogen (secondary N) is 1. The van der Waals surface area contributed by atoms with Crippen molar-refractivity contribution in [3.63, 3.8) is 0 Å². The summed E-state index contributed by atoms with van der Waals surface area (Å²) in [5.41, 5.74) is 5.25. The summed E-state index contributed by atoms with van der Waals surface area (Å²) < 4.78 is 0. The Morgan fingerprint density at radius 3 is 2.71 bits per heavy atom. The highest BCUT2D eigenvalue weighted by Gasteiger charge is 2.22. The molecule has 0 atom stereocenters. The molecule has 0 saturated carbocycles. The van der Waals surface area contributed by atoms with Crippen molar-refractivity contribution >= 4 is 5.84 Å². The number of hydrogen-bond acceptors (Lipinski definition) is 3. The van der Waals surface area contributed by atoms with Crippen molar-refractivity contribution in [3.05, 3.63) is 0 Å². The molecule has 0 aromatic rings. The number of amidine groups is 1. The molecule has 4 nitrogen and oxygen atoms in total. The normalized spacial score (nSPS) is 12.5. The van der Waals surface area contributed by atoms with Gasteiger partial charge in [0, 0.05) is 18.4 Å². The Morgan fingerprint density at radius 1 is 1.57 bits per heavy atom. The summed E-state index contributed by atoms with van der Waals surface area (Å²) in [6.07, 6.45) is 6.64. The van der Waals surface area contributed by atoms with Gasteiger partial charge in [-0.25, -0.2) is 0 Å². The van der Waals surface area contributed by atoms with Gasteiger partial charge in [-0.15, -0.1) is 12.3 Å². The second-order valence-corrected chi connectivity index (χ2v) is 3.82. The van der Waals surface area contributed by atoms with E-state index in [1.165, 1.54) is 0 Å². The first-order chi connectivity index (χ1) is 6.54. The van der Waals surface area contributed by atoms with E-state index in [4.69, 9.17) is 17.4 Å². The summed E-state index contributed by atoms with van der Waals surface area (Å²) in [6.45, 7) is 5.49. The maximum absolute atomic E-state index is 8.53. The highest BCUT2D eigenvalue weighted by molar-refractivity contribution is 5.85. The van der Waals surface area contributed by atoms with Gasteiger partial charge < -0.3 is 16.3 Å². The zero-order chi connectivity index (χ0) is 11.0. The minimum atomic E-state index is -0.280. The van der Waals surface area contributed by atoms with Crippen molar-refractivity contribution in [2.75, 3.05) is 13.1 Å². The smallest absolute Gasteiger partial charge is 0.144 e. The minimum Gasteiger partial charge on any atom is -0.409 e. The molecule has 0 aliphatic carbocycles. The van der Waals surface area contributed by atoms with E-state index in [-0.39, 0.29) is 11.3 Å². The van der Waals surface area contributed by atoms with E-state index in [2.05, 4.69) is 16.4 Å². The standard InChI is InChI=1S/C10H19N3O/c1-4-5-7-12-8-6-10(2,3)9(11)13-14/h1,12,14H,5-8H2,2-3H3,(H2,11,13). The van der Waals surface area contributed by atoms with Crippen LogP contribution in [0.2, 0.25) is 0 Å². The van der Waals surface area contributed by atoms with Crippen molar-refractivity contribution in [3.8, 4) is 12.3 Å². The maximum Gasteiger partial charge on any atom is 0.144 e. The Morgan fingerprint density at radius 2 is 2.21 bits per heavy atom. The lowest BCUT2D eigenvalue weighted by atomic mass is 9.88. The van der Waals surface area contributed by atoms with Crippen LogP contribution in [0, 0.1) is 17.8 Å². The Hall–Kier alpha value is -1.21. The molecular weight excluding hydrogens is 178 g/mol. The lowest BCUT2D eigenvalue weighted by molar-refractivity contribution is 0.305. The van der Waals surface area contributed by atoms with Gasteiger partial charge in [-0.05, 0) is 13.0 Å². The molecule has 80 valence electrons. The monoisotopic (exact) mass is 197 g/mol. The van der Waals surface area contributed by atoms with Gasteiger partial charge in [0.15, 0.2) is 0 Å². The SMILES string of the molecule is C#CCCNCCC(C)(C)C(N)=NO. The third-order valence-electron chi connectivity index (χ3n) is 2.17. The first kappa shape index (κ1) is 12.8. The van der Waals surface area contributed by atoms with Crippen LogP contribution in [-0.4, -0.2) is 24.1 Å². The molecule has 0 aliphatic heterocycles. The van der Waals surface area contributed by atoms with Gasteiger partial charge >= 0.3 is 0 Å². The molecule has 4 heteroatoms. The Kier molecular flexibility index (Phi) is 5.73. The second-order valence-electron chi connectivity index (χ2n) is 3.82. The molecule has 0 aromatic heterocycles. The summed E-state index contributed by atoms with van der Waals surface area (Å²) in [5, 5.41) is 14.7. The van der Waals surface area contributed by atoms with Crippen LogP contribution in [0.25, 0.3) is 0 Å². The first-order valence-electron chi connectivity index (χ1n) is 4.67. The quantitative estimate of drug-likeness (QED) is 0.147. The number of nitrogens with zero attached hydrogens (tertiary/aromatic N) is 1. The van der Waals surface area contributed by atoms with Crippen LogP contribution in [0.4, 0.5) is 0 Å². The van der Waals surface area contributed by atoms with E-state index in [1.807, 2.05) is 13.8 Å². The lowest BCUT2D eigenvalue weighted by Gasteiger charge is -2.22. The molecule has 0 aromatic carbocycles. The molecule has 0 spiro atoms. The molecular formula is C10H19N3O. The fourth-order valence-electron chi connectivity index (χ4n) is 0.950. The van der Waals surface area contributed by atoms with Crippen LogP contribution in [-0.2, 0) is 0 Å². The van der Waals surface area contributed by atoms with E-state index in [0.29, 0.717) is 0 Å². The molecule has 0 amide bonds. The van der Waals surface area contributed by atoms with Gasteiger partial charge in [0.2, 0.25) is 0 Å². The number of hydrogen-bond donors (Lipinski definition) is 3. The summed E-state index contributed by atoms with van der Waals surface area (Å²) >= 11 is 0. The van der Waals surface area contributed by atoms with Crippen molar-refractivity contribution in [2.24, 2.45) is 16.3 Å². The summed E-state index contributed by atoms with van der Waals surface area (Å²) in [7, 11) is 0. The first-order valence-corrected chi connectivity index (χ1v) is 4.67. The third kappa shape index (κ3) is 4.73. The molecule has 0 bridgehead atoms. The average molecular weight is 197 g/mol. The van der Waals surface area contributed by atoms with Crippen molar-refractivity contribution in [1.82, 2.24) is 5.32 Å². The van der Waals surface area contributed by atoms with Gasteiger partial charge in [0.25, 0.3) is 0 Å². The van der Waals surface area contributed by atoms with Gasteiger partial charge in [-0.1, -0.05) is 19.0 Å². The Balaban J connectivity index is 3.73. The lowest BCUT2D eigenvalue weighted by Crippen LogP contribution is -2.35. The molecule has 0 fully saturated rings. The zero-order valence-electron chi connectivity index (χ0n) is 8.88. The van der Waals surface area contributed by atoms with Gasteiger partial charge in [0.1, 0.15) is 5.84 Å². The molecule has 0 rings (SSSR count). The summed E-state index contributed by atoms with van der Waals surface area (Å²) in [5.74, 6) is 2.81. The predicted molar refractivity (Wildman–Crippen MR) is 58.1 cm³/mol. The topological polar surface area (TPSA) is 70.6 Å². The molecule has 0 heterocycles.